The molecule has 0 spiro atoms. The van der Waals surface area contributed by atoms with Crippen LogP contribution in [0.2, 0.25) is 0 Å². The van der Waals surface area contributed by atoms with Crippen LogP contribution in [0.4, 0.5) is 28.4 Å². The quantitative estimate of drug-likeness (QED) is 0.164. The predicted molar refractivity (Wildman–Crippen MR) is 369 cm³/mol. The van der Waals surface area contributed by atoms with Gasteiger partial charge in [0.2, 0.25) is 0 Å². The highest BCUT2D eigenvalue weighted by Crippen LogP contribution is 2.59. The molecule has 0 N–H and O–H groups in total. The van der Waals surface area contributed by atoms with E-state index >= 15 is 0 Å². The first-order chi connectivity index (χ1) is 40.4. The second kappa shape index (κ2) is 17.7. The first-order valence-electron chi connectivity index (χ1n) is 31.8. The predicted octanol–water partition coefficient (Wildman–Crippen LogP) is 21.2. The maximum absolute atomic E-state index is 7.55. The second-order valence-corrected chi connectivity index (χ2v) is 32.1. The summed E-state index contributed by atoms with van der Waals surface area (Å²) in [4.78, 5) is 5.22. The Bertz CT molecular complexity index is 4630. The Balaban J connectivity index is 1.09. The van der Waals surface area contributed by atoms with Crippen molar-refractivity contribution in [1.29, 1.82) is 0 Å². The molecule has 2 aromatic heterocycles. The van der Waals surface area contributed by atoms with Crippen molar-refractivity contribution in [3.63, 3.8) is 0 Å². The fourth-order valence-electron chi connectivity index (χ4n) is 15.7. The van der Waals surface area contributed by atoms with Crippen molar-refractivity contribution in [2.24, 2.45) is 0 Å². The third-order valence-corrected chi connectivity index (χ3v) is 21.1. The van der Waals surface area contributed by atoms with Crippen LogP contribution < -0.4 is 20.6 Å². The van der Waals surface area contributed by atoms with Crippen LogP contribution in [0, 0.1) is 0 Å². The monoisotopic (exact) mass is 1130 g/mol. The lowest BCUT2D eigenvalue weighted by atomic mass is 9.43. The third kappa shape index (κ3) is 7.87. The highest BCUT2D eigenvalue weighted by atomic mass is 16.3. The zero-order valence-electron chi connectivity index (χ0n) is 54.3. The van der Waals surface area contributed by atoms with Gasteiger partial charge in [0.15, 0.2) is 0 Å². The van der Waals surface area contributed by atoms with Crippen molar-refractivity contribution < 1.29 is 4.42 Å². The SMILES string of the molecule is CC(C)(C)c1ccc(N2B3c4ccc(N(c5ccc(C(C)(C)C)cc5)c5ccc(C(C)(C)C)cc5)cc4-n4c5ccc(C(C)(C)C)cc5c5c6c(oc7ccccc76)c(c3c54)-c3cc4c(cc32)C(C)(C)c2cc3c(cc2-4)C(C)(C)CCC3(C)C)cc1. The number of benzene rings is 9. The van der Waals surface area contributed by atoms with E-state index in [4.69, 9.17) is 4.42 Å². The van der Waals surface area contributed by atoms with E-state index in [0.717, 1.165) is 33.6 Å². The Morgan fingerprint density at radius 2 is 0.977 bits per heavy atom. The van der Waals surface area contributed by atoms with Gasteiger partial charge in [-0.05, 0) is 197 Å². The van der Waals surface area contributed by atoms with Crippen LogP contribution in [0.15, 0.2) is 162 Å². The highest BCUT2D eigenvalue weighted by molar-refractivity contribution is 6.94. The van der Waals surface area contributed by atoms with Crippen LogP contribution in [0.1, 0.15) is 182 Å². The maximum atomic E-state index is 7.55. The number of fused-ring (bicyclic) bond motifs is 17. The smallest absolute Gasteiger partial charge is 0.333 e. The number of furan rings is 1. The van der Waals surface area contributed by atoms with E-state index in [1.165, 1.54) is 135 Å². The third-order valence-electron chi connectivity index (χ3n) is 21.1. The van der Waals surface area contributed by atoms with Gasteiger partial charge in [0, 0.05) is 72.2 Å². The molecule has 0 radical (unpaired) electrons. The number of rotatable bonds is 4. The number of anilines is 5. The maximum Gasteiger partial charge on any atom is 0.333 e. The zero-order valence-corrected chi connectivity index (χ0v) is 54.3. The summed E-state index contributed by atoms with van der Waals surface area (Å²) in [6.07, 6.45) is 2.35. The molecule has 0 fully saturated rings. The van der Waals surface area contributed by atoms with Gasteiger partial charge in [-0.25, -0.2) is 0 Å². The molecule has 9 aromatic carbocycles. The summed E-state index contributed by atoms with van der Waals surface area (Å²) in [6.45, 7) is 42.5. The highest BCUT2D eigenvalue weighted by Gasteiger charge is 2.49. The van der Waals surface area contributed by atoms with Gasteiger partial charge in [-0.1, -0.05) is 197 Å². The molecule has 432 valence electrons. The van der Waals surface area contributed by atoms with Crippen LogP contribution in [-0.2, 0) is 37.9 Å². The first-order valence-corrected chi connectivity index (χ1v) is 31.8. The standard InChI is InChI=1S/C81H84BN3O/c1-75(2,3)47-23-30-51(31-24-47)83(52-32-25-48(26-33-52)76(4,5)6)54-36-37-64-67(42-54)84-65-38-29-50(78(10,11)12)41-58(65)69-70-55-21-19-20-22-68(55)86-74(70)71-59-43-56-57-44-62-63(80(15,16)40-39-79(62,13)14)45-60(57)81(17,18)61(56)46-66(59)85(82(64)72(71)73(69)84)53-34-27-49(28-35-53)77(7,8)9/h19-38,41-46H,39-40H2,1-18H3. The Kier molecular flexibility index (Phi) is 11.3. The summed E-state index contributed by atoms with van der Waals surface area (Å²) in [6, 6.07) is 62.3. The Morgan fingerprint density at radius 3 is 1.57 bits per heavy atom. The molecule has 2 aliphatic carbocycles. The summed E-state index contributed by atoms with van der Waals surface area (Å²) in [5.41, 5.74) is 29.9. The molecule has 0 amide bonds. The van der Waals surface area contributed by atoms with E-state index in [1.54, 1.807) is 0 Å². The molecule has 86 heavy (non-hydrogen) atoms. The molecule has 15 rings (SSSR count). The Labute approximate surface area is 511 Å². The minimum Gasteiger partial charge on any atom is -0.455 e. The van der Waals surface area contributed by atoms with E-state index in [0.29, 0.717) is 0 Å². The fourth-order valence-corrected chi connectivity index (χ4v) is 15.7. The number of aromatic nitrogens is 1. The van der Waals surface area contributed by atoms with Gasteiger partial charge in [0.1, 0.15) is 11.2 Å². The summed E-state index contributed by atoms with van der Waals surface area (Å²) < 4.78 is 10.2. The molecule has 5 heteroatoms. The number of hydrogen-bond acceptors (Lipinski definition) is 3. The van der Waals surface area contributed by atoms with Gasteiger partial charge in [0.25, 0.3) is 0 Å². The molecular weight excluding hydrogens is 1040 g/mol. The summed E-state index contributed by atoms with van der Waals surface area (Å²) >= 11 is 0. The molecule has 0 saturated carbocycles. The summed E-state index contributed by atoms with van der Waals surface area (Å²) in [5, 5.41) is 4.85. The normalized spacial score (nSPS) is 16.4. The Morgan fingerprint density at radius 1 is 0.453 bits per heavy atom. The molecular formula is C81H84BN3O. The van der Waals surface area contributed by atoms with Gasteiger partial charge in [-0.15, -0.1) is 0 Å². The molecule has 0 atom stereocenters. The molecule has 4 aliphatic rings. The number of para-hydroxylation sites is 1. The van der Waals surface area contributed by atoms with Crippen molar-refractivity contribution >= 4 is 90.0 Å². The van der Waals surface area contributed by atoms with E-state index in [1.807, 2.05) is 0 Å². The van der Waals surface area contributed by atoms with Gasteiger partial charge < -0.3 is 18.7 Å². The lowest BCUT2D eigenvalue weighted by Gasteiger charge is -2.43. The minimum atomic E-state index is -0.261. The van der Waals surface area contributed by atoms with E-state index in [9.17, 15) is 0 Å². The van der Waals surface area contributed by atoms with E-state index < -0.39 is 0 Å². The minimum absolute atomic E-state index is 0.0143. The van der Waals surface area contributed by atoms with E-state index in [-0.39, 0.29) is 44.8 Å². The molecule has 11 aromatic rings. The summed E-state index contributed by atoms with van der Waals surface area (Å²) in [7, 11) is 0. The molecule has 4 nitrogen and oxygen atoms in total. The zero-order chi connectivity index (χ0) is 60.5. The molecule has 0 unspecified atom stereocenters. The van der Waals surface area contributed by atoms with Crippen molar-refractivity contribution in [3.8, 4) is 27.9 Å². The first kappa shape index (κ1) is 54.9. The van der Waals surface area contributed by atoms with Crippen LogP contribution in [-0.4, -0.2) is 11.4 Å². The lowest BCUT2D eigenvalue weighted by Crippen LogP contribution is -2.60. The molecule has 4 heterocycles. The van der Waals surface area contributed by atoms with Gasteiger partial charge in [-0.3, -0.25) is 0 Å². The van der Waals surface area contributed by atoms with Crippen molar-refractivity contribution in [2.75, 3.05) is 9.71 Å². The molecule has 2 aliphatic heterocycles. The van der Waals surface area contributed by atoms with Crippen LogP contribution in [0.3, 0.4) is 0 Å². The average Bonchev–Trinajstić information content (AvgIpc) is 1.42. The Hall–Kier alpha value is -7.76. The van der Waals surface area contributed by atoms with Crippen molar-refractivity contribution in [1.82, 2.24) is 4.57 Å². The molecule has 0 bridgehead atoms. The van der Waals surface area contributed by atoms with Crippen LogP contribution >= 0.6 is 0 Å². The summed E-state index contributed by atoms with van der Waals surface area (Å²) in [5.74, 6) is 0. The average molecular weight is 1130 g/mol. The van der Waals surface area contributed by atoms with E-state index in [2.05, 4.69) is 297 Å². The fraction of sp³-hybridized carbons (Fsp3) is 0.333. The lowest BCUT2D eigenvalue weighted by molar-refractivity contribution is 0.331. The van der Waals surface area contributed by atoms with Gasteiger partial charge in [-0.2, -0.15) is 0 Å². The number of nitrogens with zero attached hydrogens (tertiary/aromatic N) is 3. The largest absolute Gasteiger partial charge is 0.455 e. The van der Waals surface area contributed by atoms with Crippen LogP contribution in [0.25, 0.3) is 71.7 Å². The van der Waals surface area contributed by atoms with Crippen molar-refractivity contribution in [2.45, 2.75) is 175 Å². The number of hydrogen-bond donors (Lipinski definition) is 0. The topological polar surface area (TPSA) is 24.6 Å². The molecule has 0 saturated heterocycles. The van der Waals surface area contributed by atoms with Gasteiger partial charge >= 0.3 is 6.85 Å². The van der Waals surface area contributed by atoms with Gasteiger partial charge in [0.05, 0.1) is 11.0 Å². The second-order valence-electron chi connectivity index (χ2n) is 32.1. The van der Waals surface area contributed by atoms with Crippen LogP contribution in [0.5, 0.6) is 0 Å². The van der Waals surface area contributed by atoms with Crippen molar-refractivity contribution in [3.05, 3.63) is 202 Å².